The highest BCUT2D eigenvalue weighted by Gasteiger charge is 2.17. The van der Waals surface area contributed by atoms with Crippen molar-refractivity contribution < 1.29 is 9.53 Å². The van der Waals surface area contributed by atoms with Crippen LogP contribution in [0.25, 0.3) is 10.9 Å². The normalized spacial score (nSPS) is 16.9. The van der Waals surface area contributed by atoms with Crippen LogP contribution in [0.3, 0.4) is 0 Å². The van der Waals surface area contributed by atoms with Crippen molar-refractivity contribution in [3.63, 3.8) is 0 Å². The molecule has 1 amide bonds. The summed E-state index contributed by atoms with van der Waals surface area (Å²) in [5.41, 5.74) is 0.452. The second-order valence-corrected chi connectivity index (χ2v) is 7.62. The molecule has 1 N–H and O–H groups in total. The van der Waals surface area contributed by atoms with Gasteiger partial charge in [-0.1, -0.05) is 30.3 Å². The maximum absolute atomic E-state index is 12.7. The van der Waals surface area contributed by atoms with Crippen molar-refractivity contribution in [1.82, 2.24) is 14.9 Å². The maximum atomic E-state index is 12.7. The number of benzene rings is 1. The number of rotatable bonds is 7. The van der Waals surface area contributed by atoms with Crippen molar-refractivity contribution in [3.05, 3.63) is 33.6 Å². The Morgan fingerprint density at radius 2 is 2.35 bits per heavy atom. The Morgan fingerprint density at radius 3 is 3.08 bits per heavy atom. The fourth-order valence-corrected chi connectivity index (χ4v) is 3.94. The van der Waals surface area contributed by atoms with E-state index in [1.165, 1.54) is 11.8 Å². The summed E-state index contributed by atoms with van der Waals surface area (Å²) in [4.78, 5) is 29.4. The molecule has 1 saturated heterocycles. The lowest BCUT2D eigenvalue weighted by Gasteiger charge is -2.13. The number of nitrogens with one attached hydrogen (secondary N) is 1. The topological polar surface area (TPSA) is 73.2 Å². The van der Waals surface area contributed by atoms with E-state index in [-0.39, 0.29) is 23.3 Å². The first-order valence-corrected chi connectivity index (χ1v) is 10.2. The summed E-state index contributed by atoms with van der Waals surface area (Å²) in [6.45, 7) is 3.86. The molecule has 0 aliphatic carbocycles. The SMILES string of the molecule is CCCn1c(SCC(=O)NCC2CCCO2)nc2cc(Cl)ccc2c1=O. The zero-order valence-electron chi connectivity index (χ0n) is 14.7. The lowest BCUT2D eigenvalue weighted by atomic mass is 10.2. The number of nitrogens with zero attached hydrogens (tertiary/aromatic N) is 2. The lowest BCUT2D eigenvalue weighted by molar-refractivity contribution is -0.119. The Kier molecular flexibility index (Phi) is 6.56. The van der Waals surface area contributed by atoms with Crippen LogP contribution in [0.1, 0.15) is 26.2 Å². The number of amides is 1. The molecule has 1 unspecified atom stereocenters. The number of ether oxygens (including phenoxy) is 1. The molecule has 0 spiro atoms. The molecule has 1 aliphatic rings. The summed E-state index contributed by atoms with van der Waals surface area (Å²) in [7, 11) is 0. The third kappa shape index (κ3) is 4.58. The largest absolute Gasteiger partial charge is 0.376 e. The molecular weight excluding hydrogens is 374 g/mol. The average Bonchev–Trinajstić information content (AvgIpc) is 3.14. The van der Waals surface area contributed by atoms with Crippen molar-refractivity contribution in [1.29, 1.82) is 0 Å². The smallest absolute Gasteiger partial charge is 0.262 e. The van der Waals surface area contributed by atoms with E-state index in [0.29, 0.717) is 34.2 Å². The fraction of sp³-hybridized carbons (Fsp3) is 0.500. The predicted molar refractivity (Wildman–Crippen MR) is 104 cm³/mol. The summed E-state index contributed by atoms with van der Waals surface area (Å²) < 4.78 is 7.13. The average molecular weight is 396 g/mol. The Labute approximate surface area is 161 Å². The second kappa shape index (κ2) is 8.88. The summed E-state index contributed by atoms with van der Waals surface area (Å²) >= 11 is 7.29. The summed E-state index contributed by atoms with van der Waals surface area (Å²) in [6, 6.07) is 5.06. The first kappa shape index (κ1) is 19.2. The standard InChI is InChI=1S/C18H22ClN3O3S/c1-2-7-22-17(24)14-6-5-12(19)9-15(14)21-18(22)26-11-16(23)20-10-13-4-3-8-25-13/h5-6,9,13H,2-4,7-8,10-11H2,1H3,(H,20,23). The van der Waals surface area contributed by atoms with Crippen LogP contribution in [0.5, 0.6) is 0 Å². The van der Waals surface area contributed by atoms with Crippen molar-refractivity contribution in [2.45, 2.75) is 44.0 Å². The van der Waals surface area contributed by atoms with Crippen LogP contribution < -0.4 is 10.9 Å². The van der Waals surface area contributed by atoms with Gasteiger partial charge < -0.3 is 10.1 Å². The maximum Gasteiger partial charge on any atom is 0.262 e. The molecule has 1 aromatic heterocycles. The Balaban J connectivity index is 1.73. The molecule has 26 heavy (non-hydrogen) atoms. The van der Waals surface area contributed by atoms with E-state index in [0.717, 1.165) is 25.9 Å². The van der Waals surface area contributed by atoms with Crippen LogP contribution in [0, 0.1) is 0 Å². The highest BCUT2D eigenvalue weighted by Crippen LogP contribution is 2.20. The van der Waals surface area contributed by atoms with Gasteiger partial charge in [-0.3, -0.25) is 14.2 Å². The lowest BCUT2D eigenvalue weighted by Crippen LogP contribution is -2.33. The van der Waals surface area contributed by atoms with Gasteiger partial charge in [-0.15, -0.1) is 0 Å². The molecule has 1 atom stereocenters. The highest BCUT2D eigenvalue weighted by molar-refractivity contribution is 7.99. The number of hydrogen-bond acceptors (Lipinski definition) is 5. The molecule has 8 heteroatoms. The first-order chi connectivity index (χ1) is 12.6. The molecule has 1 aliphatic heterocycles. The van der Waals surface area contributed by atoms with E-state index < -0.39 is 0 Å². The van der Waals surface area contributed by atoms with E-state index in [2.05, 4.69) is 10.3 Å². The molecule has 1 fully saturated rings. The quantitative estimate of drug-likeness (QED) is 0.576. The van der Waals surface area contributed by atoms with E-state index in [1.807, 2.05) is 6.92 Å². The third-order valence-corrected chi connectivity index (χ3v) is 5.42. The minimum atomic E-state index is -0.101. The molecule has 1 aromatic carbocycles. The zero-order valence-corrected chi connectivity index (χ0v) is 16.2. The fourth-order valence-electron chi connectivity index (χ4n) is 2.92. The predicted octanol–water partition coefficient (Wildman–Crippen LogP) is 2.85. The molecule has 6 nitrogen and oxygen atoms in total. The van der Waals surface area contributed by atoms with Crippen LogP contribution >= 0.6 is 23.4 Å². The van der Waals surface area contributed by atoms with Gasteiger partial charge in [0.05, 0.1) is 22.8 Å². The summed E-state index contributed by atoms with van der Waals surface area (Å²) in [5.74, 6) is 0.114. The van der Waals surface area contributed by atoms with E-state index >= 15 is 0 Å². The van der Waals surface area contributed by atoms with Gasteiger partial charge in [-0.2, -0.15) is 0 Å². The molecule has 3 rings (SSSR count). The third-order valence-electron chi connectivity index (χ3n) is 4.21. The Bertz CT molecular complexity index is 849. The molecular formula is C18H22ClN3O3S. The number of carbonyl (C=O) groups excluding carboxylic acids is 1. The van der Waals surface area contributed by atoms with Gasteiger partial charge in [-0.05, 0) is 37.5 Å². The van der Waals surface area contributed by atoms with Gasteiger partial charge >= 0.3 is 0 Å². The highest BCUT2D eigenvalue weighted by atomic mass is 35.5. The number of halogens is 1. The molecule has 0 bridgehead atoms. The summed E-state index contributed by atoms with van der Waals surface area (Å²) in [6.07, 6.45) is 2.95. The van der Waals surface area contributed by atoms with Crippen LogP contribution in [-0.2, 0) is 16.1 Å². The number of aromatic nitrogens is 2. The summed E-state index contributed by atoms with van der Waals surface area (Å²) in [5, 5.41) is 4.49. The van der Waals surface area contributed by atoms with Gasteiger partial charge in [0.2, 0.25) is 5.91 Å². The monoisotopic (exact) mass is 395 g/mol. The van der Waals surface area contributed by atoms with Gasteiger partial charge in [0.25, 0.3) is 5.56 Å². The van der Waals surface area contributed by atoms with Crippen molar-refractivity contribution >= 4 is 40.2 Å². The van der Waals surface area contributed by atoms with Crippen LogP contribution in [0.15, 0.2) is 28.2 Å². The van der Waals surface area contributed by atoms with Gasteiger partial charge in [0.1, 0.15) is 0 Å². The van der Waals surface area contributed by atoms with Crippen molar-refractivity contribution in [2.24, 2.45) is 0 Å². The molecule has 0 radical (unpaired) electrons. The Morgan fingerprint density at radius 1 is 1.50 bits per heavy atom. The van der Waals surface area contributed by atoms with Crippen LogP contribution in [0.4, 0.5) is 0 Å². The van der Waals surface area contributed by atoms with E-state index in [9.17, 15) is 9.59 Å². The number of hydrogen-bond donors (Lipinski definition) is 1. The zero-order chi connectivity index (χ0) is 18.5. The molecule has 140 valence electrons. The van der Waals surface area contributed by atoms with Gasteiger partial charge in [0, 0.05) is 24.7 Å². The van der Waals surface area contributed by atoms with E-state index in [1.54, 1.807) is 22.8 Å². The first-order valence-electron chi connectivity index (χ1n) is 8.79. The van der Waals surface area contributed by atoms with E-state index in [4.69, 9.17) is 16.3 Å². The Hall–Kier alpha value is -1.57. The molecule has 2 heterocycles. The van der Waals surface area contributed by atoms with Crippen molar-refractivity contribution in [2.75, 3.05) is 18.9 Å². The van der Waals surface area contributed by atoms with Crippen LogP contribution in [0.2, 0.25) is 5.02 Å². The number of carbonyl (C=O) groups is 1. The van der Waals surface area contributed by atoms with Crippen molar-refractivity contribution in [3.8, 4) is 0 Å². The number of thioether (sulfide) groups is 1. The van der Waals surface area contributed by atoms with Gasteiger partial charge in [-0.25, -0.2) is 4.98 Å². The number of fused-ring (bicyclic) bond motifs is 1. The second-order valence-electron chi connectivity index (χ2n) is 6.24. The minimum Gasteiger partial charge on any atom is -0.376 e. The van der Waals surface area contributed by atoms with Gasteiger partial charge in [0.15, 0.2) is 5.16 Å². The molecule has 2 aromatic rings. The molecule has 0 saturated carbocycles. The minimum absolute atomic E-state index is 0.0889. The van der Waals surface area contributed by atoms with Crippen LogP contribution in [-0.4, -0.2) is 40.5 Å².